The zero-order valence-corrected chi connectivity index (χ0v) is 21.5. The lowest BCUT2D eigenvalue weighted by Gasteiger charge is -2.41. The van der Waals surface area contributed by atoms with Crippen LogP contribution < -0.4 is 9.64 Å². The van der Waals surface area contributed by atoms with E-state index in [1.165, 1.54) is 18.1 Å². The van der Waals surface area contributed by atoms with Crippen LogP contribution in [-0.2, 0) is 4.79 Å². The SMILES string of the molecule is C=C(F)C(=O)N1CCN(c2nc(OC)nc3c(F)c(-c4cc(O)cc5ccccc45)c(Cl)cc23)C[C@@H]1CC#N. The Bertz CT molecular complexity index is 1690. The Morgan fingerprint density at radius 1 is 1.26 bits per heavy atom. The summed E-state index contributed by atoms with van der Waals surface area (Å²) in [6, 6.07) is 13.1. The third-order valence-corrected chi connectivity index (χ3v) is 7.04. The maximum absolute atomic E-state index is 16.3. The lowest BCUT2D eigenvalue weighted by Crippen LogP contribution is -2.55. The topological polar surface area (TPSA) is 103 Å². The van der Waals surface area contributed by atoms with Gasteiger partial charge in [-0.2, -0.15) is 15.2 Å². The first kappa shape index (κ1) is 26.1. The summed E-state index contributed by atoms with van der Waals surface area (Å²) in [7, 11) is 1.35. The minimum Gasteiger partial charge on any atom is -0.508 e. The third kappa shape index (κ3) is 4.66. The number of fused-ring (bicyclic) bond motifs is 2. The molecule has 0 bridgehead atoms. The van der Waals surface area contributed by atoms with Crippen LogP contribution in [-0.4, -0.2) is 58.7 Å². The molecule has 11 heteroatoms. The van der Waals surface area contributed by atoms with Gasteiger partial charge in [-0.3, -0.25) is 4.79 Å². The van der Waals surface area contributed by atoms with Gasteiger partial charge in [0.25, 0.3) is 5.91 Å². The Hall–Kier alpha value is -4.49. The normalized spacial score (nSPS) is 15.4. The quantitative estimate of drug-likeness (QED) is 0.334. The molecule has 198 valence electrons. The number of aromatic nitrogens is 2. The molecule has 5 rings (SSSR count). The summed E-state index contributed by atoms with van der Waals surface area (Å²) in [4.78, 5) is 24.0. The van der Waals surface area contributed by atoms with Crippen LogP contribution in [0.3, 0.4) is 0 Å². The van der Waals surface area contributed by atoms with E-state index in [-0.39, 0.29) is 59.3 Å². The fourth-order valence-corrected chi connectivity index (χ4v) is 5.29. The van der Waals surface area contributed by atoms with Crippen molar-refractivity contribution in [2.24, 2.45) is 0 Å². The highest BCUT2D eigenvalue weighted by Crippen LogP contribution is 2.42. The summed E-state index contributed by atoms with van der Waals surface area (Å²) >= 11 is 6.68. The Morgan fingerprint density at radius 2 is 2.03 bits per heavy atom. The van der Waals surface area contributed by atoms with Crippen LogP contribution in [0.15, 0.2) is 54.9 Å². The Balaban J connectivity index is 1.67. The molecular formula is C28H22ClF2N5O3. The van der Waals surface area contributed by atoms with Crippen molar-refractivity contribution in [2.45, 2.75) is 12.5 Å². The number of rotatable bonds is 5. The number of hydrogen-bond acceptors (Lipinski definition) is 7. The maximum Gasteiger partial charge on any atom is 0.318 e. The van der Waals surface area contributed by atoms with Crippen molar-refractivity contribution >= 4 is 45.0 Å². The fraction of sp³-hybridized carbons (Fsp3) is 0.214. The lowest BCUT2D eigenvalue weighted by atomic mass is 9.96. The number of amides is 1. The average Bonchev–Trinajstić information content (AvgIpc) is 2.92. The number of hydrogen-bond donors (Lipinski definition) is 1. The zero-order chi connectivity index (χ0) is 27.8. The van der Waals surface area contributed by atoms with Crippen LogP contribution in [0.25, 0.3) is 32.8 Å². The molecule has 1 aliphatic heterocycles. The molecule has 1 aromatic heterocycles. The molecule has 1 saturated heterocycles. The molecule has 1 fully saturated rings. The molecule has 3 aromatic carbocycles. The minimum atomic E-state index is -1.11. The summed E-state index contributed by atoms with van der Waals surface area (Å²) in [5.41, 5.74) is 0.389. The van der Waals surface area contributed by atoms with E-state index in [1.807, 2.05) is 12.1 Å². The number of benzene rings is 3. The number of piperazine rings is 1. The number of phenolic OH excluding ortho intramolecular Hbond substituents is 1. The van der Waals surface area contributed by atoms with Gasteiger partial charge < -0.3 is 19.6 Å². The maximum atomic E-state index is 16.3. The van der Waals surface area contributed by atoms with Gasteiger partial charge in [0.15, 0.2) is 11.6 Å². The average molecular weight is 550 g/mol. The van der Waals surface area contributed by atoms with E-state index in [1.54, 1.807) is 35.2 Å². The van der Waals surface area contributed by atoms with Gasteiger partial charge in [-0.1, -0.05) is 42.4 Å². The highest BCUT2D eigenvalue weighted by Gasteiger charge is 2.33. The molecule has 0 aliphatic carbocycles. The van der Waals surface area contributed by atoms with Crippen molar-refractivity contribution in [2.75, 3.05) is 31.6 Å². The molecule has 0 unspecified atom stereocenters. The van der Waals surface area contributed by atoms with E-state index in [2.05, 4.69) is 16.5 Å². The van der Waals surface area contributed by atoms with E-state index in [9.17, 15) is 19.6 Å². The second-order valence-electron chi connectivity index (χ2n) is 9.06. The predicted octanol–water partition coefficient (Wildman–Crippen LogP) is 5.37. The minimum absolute atomic E-state index is 0.0489. The van der Waals surface area contributed by atoms with E-state index in [4.69, 9.17) is 16.3 Å². The molecule has 1 amide bonds. The van der Waals surface area contributed by atoms with Gasteiger partial charge in [0.05, 0.1) is 30.7 Å². The second kappa shape index (κ2) is 10.3. The number of aromatic hydroxyl groups is 1. The predicted molar refractivity (Wildman–Crippen MR) is 144 cm³/mol. The Labute approximate surface area is 227 Å². The van der Waals surface area contributed by atoms with E-state index in [0.717, 1.165) is 0 Å². The molecule has 0 radical (unpaired) electrons. The number of nitrogens with zero attached hydrogens (tertiary/aromatic N) is 5. The summed E-state index contributed by atoms with van der Waals surface area (Å²) in [6.45, 7) is 3.51. The van der Waals surface area contributed by atoms with Crippen molar-refractivity contribution in [3.63, 3.8) is 0 Å². The molecule has 2 heterocycles. The smallest absolute Gasteiger partial charge is 0.318 e. The van der Waals surface area contributed by atoms with Gasteiger partial charge >= 0.3 is 6.01 Å². The molecule has 8 nitrogen and oxygen atoms in total. The highest BCUT2D eigenvalue weighted by molar-refractivity contribution is 6.35. The monoisotopic (exact) mass is 549 g/mol. The van der Waals surface area contributed by atoms with Crippen LogP contribution >= 0.6 is 11.6 Å². The van der Waals surface area contributed by atoms with Gasteiger partial charge in [0, 0.05) is 30.6 Å². The number of phenols is 1. The van der Waals surface area contributed by atoms with Crippen molar-refractivity contribution in [3.8, 4) is 29.0 Å². The summed E-state index contributed by atoms with van der Waals surface area (Å²) < 4.78 is 35.2. The fourth-order valence-electron chi connectivity index (χ4n) is 4.99. The number of nitriles is 1. The number of methoxy groups -OCH3 is 1. The van der Waals surface area contributed by atoms with E-state index < -0.39 is 23.6 Å². The number of carbonyl (C=O) groups excluding carboxylic acids is 1. The first-order valence-corrected chi connectivity index (χ1v) is 12.3. The van der Waals surface area contributed by atoms with Gasteiger partial charge in [0.2, 0.25) is 0 Å². The van der Waals surface area contributed by atoms with Crippen molar-refractivity contribution in [3.05, 3.63) is 65.7 Å². The third-order valence-electron chi connectivity index (χ3n) is 6.74. The van der Waals surface area contributed by atoms with Crippen molar-refractivity contribution < 1.29 is 23.4 Å². The first-order valence-electron chi connectivity index (χ1n) is 12.0. The largest absolute Gasteiger partial charge is 0.508 e. The van der Waals surface area contributed by atoms with E-state index >= 15 is 4.39 Å². The second-order valence-corrected chi connectivity index (χ2v) is 9.46. The van der Waals surface area contributed by atoms with Gasteiger partial charge in [-0.25, -0.2) is 8.78 Å². The molecule has 1 atom stereocenters. The number of carbonyl (C=O) groups is 1. The first-order chi connectivity index (χ1) is 18.7. The summed E-state index contributed by atoms with van der Waals surface area (Å²) in [6.07, 6.45) is -0.0560. The lowest BCUT2D eigenvalue weighted by molar-refractivity contribution is -0.131. The summed E-state index contributed by atoms with van der Waals surface area (Å²) in [5.74, 6) is -2.48. The van der Waals surface area contributed by atoms with Crippen LogP contribution in [0.4, 0.5) is 14.6 Å². The molecule has 1 aliphatic rings. The van der Waals surface area contributed by atoms with Crippen LogP contribution in [0.1, 0.15) is 6.42 Å². The molecular weight excluding hydrogens is 528 g/mol. The van der Waals surface area contributed by atoms with Crippen LogP contribution in [0.2, 0.25) is 5.02 Å². The summed E-state index contributed by atoms with van der Waals surface area (Å²) in [5, 5.41) is 21.4. The van der Waals surface area contributed by atoms with Crippen molar-refractivity contribution in [1.82, 2.24) is 14.9 Å². The Morgan fingerprint density at radius 3 is 2.74 bits per heavy atom. The van der Waals surface area contributed by atoms with Gasteiger partial charge in [-0.15, -0.1) is 0 Å². The molecule has 0 saturated carbocycles. The zero-order valence-electron chi connectivity index (χ0n) is 20.8. The van der Waals surface area contributed by atoms with Crippen LogP contribution in [0.5, 0.6) is 11.8 Å². The molecule has 0 spiro atoms. The van der Waals surface area contributed by atoms with Gasteiger partial charge in [-0.05, 0) is 34.5 Å². The van der Waals surface area contributed by atoms with Crippen molar-refractivity contribution in [1.29, 1.82) is 5.26 Å². The van der Waals surface area contributed by atoms with Crippen LogP contribution in [0, 0.1) is 17.1 Å². The highest BCUT2D eigenvalue weighted by atomic mass is 35.5. The van der Waals surface area contributed by atoms with E-state index in [0.29, 0.717) is 22.2 Å². The standard InChI is InChI=1S/C28H22ClF2N5O3/c1-15(30)27(38)36-10-9-35(14-17(36)7-8-32)26-21-13-22(29)23(24(31)25(21)33-28(34-26)39-2)20-12-18(37)11-16-5-3-4-6-19(16)20/h3-6,11-13,17,37H,1,7,9-10,14H2,2H3/t17-/m0/s1. The number of ether oxygens (including phenoxy) is 1. The molecule has 1 N–H and O–H groups in total. The number of anilines is 1. The van der Waals surface area contributed by atoms with Gasteiger partial charge in [0.1, 0.15) is 17.1 Å². The Kier molecular flexibility index (Phi) is 6.93. The molecule has 39 heavy (non-hydrogen) atoms. The number of halogens is 3. The molecule has 4 aromatic rings.